The lowest BCUT2D eigenvalue weighted by Gasteiger charge is -2.15. The fourth-order valence-corrected chi connectivity index (χ4v) is 1.84. The molecule has 0 radical (unpaired) electrons. The van der Waals surface area contributed by atoms with Gasteiger partial charge in [-0.25, -0.2) is 0 Å². The summed E-state index contributed by atoms with van der Waals surface area (Å²) >= 11 is 0. The molecule has 0 saturated heterocycles. The molecular weight excluding hydrogens is 218 g/mol. The summed E-state index contributed by atoms with van der Waals surface area (Å²) in [5.41, 5.74) is 0.557. The Morgan fingerprint density at radius 2 is 2.29 bits per heavy atom. The van der Waals surface area contributed by atoms with Gasteiger partial charge < -0.3 is 14.8 Å². The molecule has 4 heteroatoms. The van der Waals surface area contributed by atoms with E-state index in [1.165, 1.54) is 6.26 Å². The molecule has 1 aromatic rings. The van der Waals surface area contributed by atoms with Gasteiger partial charge in [-0.05, 0) is 31.7 Å². The summed E-state index contributed by atoms with van der Waals surface area (Å²) in [6.07, 6.45) is 4.28. The van der Waals surface area contributed by atoms with Crippen LogP contribution in [0.25, 0.3) is 0 Å². The Labute approximate surface area is 102 Å². The predicted molar refractivity (Wildman–Crippen MR) is 65.9 cm³/mol. The second-order valence-corrected chi connectivity index (χ2v) is 4.32. The smallest absolute Gasteiger partial charge is 0.254 e. The summed E-state index contributed by atoms with van der Waals surface area (Å²) in [5, 5.41) is 11.8. The predicted octanol–water partition coefficient (Wildman–Crippen LogP) is 2.12. The molecule has 1 atom stereocenters. The molecule has 0 aromatic carbocycles. The van der Waals surface area contributed by atoms with E-state index in [4.69, 9.17) is 9.52 Å². The minimum Gasteiger partial charge on any atom is -0.469 e. The molecule has 1 aromatic heterocycles. The topological polar surface area (TPSA) is 62.5 Å². The standard InChI is InChI=1S/C13H21NO3/c1-3-4-11(5-6-15)8-14-13(16)12-7-10(2)17-9-12/h7,9,11,15H,3-6,8H2,1-2H3,(H,14,16). The summed E-state index contributed by atoms with van der Waals surface area (Å²) < 4.78 is 5.09. The Hall–Kier alpha value is -1.29. The largest absolute Gasteiger partial charge is 0.469 e. The lowest BCUT2D eigenvalue weighted by molar-refractivity contribution is 0.0942. The number of carbonyl (C=O) groups excluding carboxylic acids is 1. The van der Waals surface area contributed by atoms with Crippen LogP contribution in [0.15, 0.2) is 16.7 Å². The Balaban J connectivity index is 2.40. The minimum atomic E-state index is -0.110. The lowest BCUT2D eigenvalue weighted by Crippen LogP contribution is -2.29. The molecule has 0 aliphatic rings. The van der Waals surface area contributed by atoms with E-state index in [0.29, 0.717) is 18.0 Å². The third-order valence-corrected chi connectivity index (χ3v) is 2.78. The van der Waals surface area contributed by atoms with Crippen molar-refractivity contribution < 1.29 is 14.3 Å². The van der Waals surface area contributed by atoms with Crippen molar-refractivity contribution in [3.8, 4) is 0 Å². The second-order valence-electron chi connectivity index (χ2n) is 4.32. The number of furan rings is 1. The Morgan fingerprint density at radius 1 is 1.53 bits per heavy atom. The van der Waals surface area contributed by atoms with Gasteiger partial charge >= 0.3 is 0 Å². The molecule has 0 bridgehead atoms. The zero-order chi connectivity index (χ0) is 12.7. The van der Waals surface area contributed by atoms with Crippen molar-refractivity contribution in [2.75, 3.05) is 13.2 Å². The van der Waals surface area contributed by atoms with Gasteiger partial charge in [-0.1, -0.05) is 13.3 Å². The van der Waals surface area contributed by atoms with Crippen LogP contribution in [0, 0.1) is 12.8 Å². The van der Waals surface area contributed by atoms with Gasteiger partial charge in [0.2, 0.25) is 0 Å². The Kier molecular flexibility index (Phi) is 5.77. The van der Waals surface area contributed by atoms with Crippen molar-refractivity contribution in [1.82, 2.24) is 5.32 Å². The third-order valence-electron chi connectivity index (χ3n) is 2.78. The van der Waals surface area contributed by atoms with Crippen molar-refractivity contribution in [2.24, 2.45) is 5.92 Å². The monoisotopic (exact) mass is 239 g/mol. The highest BCUT2D eigenvalue weighted by Gasteiger charge is 2.12. The summed E-state index contributed by atoms with van der Waals surface area (Å²) in [6, 6.07) is 1.72. The zero-order valence-electron chi connectivity index (χ0n) is 10.5. The SMILES string of the molecule is CCCC(CCO)CNC(=O)c1coc(C)c1. The van der Waals surface area contributed by atoms with Crippen LogP contribution in [0.5, 0.6) is 0 Å². The number of aryl methyl sites for hydroxylation is 1. The molecule has 1 heterocycles. The van der Waals surface area contributed by atoms with Crippen molar-refractivity contribution in [3.05, 3.63) is 23.7 Å². The molecule has 1 unspecified atom stereocenters. The van der Waals surface area contributed by atoms with Crippen LogP contribution in [0.4, 0.5) is 0 Å². The molecule has 4 nitrogen and oxygen atoms in total. The highest BCUT2D eigenvalue weighted by Crippen LogP contribution is 2.10. The van der Waals surface area contributed by atoms with E-state index in [-0.39, 0.29) is 12.5 Å². The summed E-state index contributed by atoms with van der Waals surface area (Å²) in [4.78, 5) is 11.7. The molecule has 0 spiro atoms. The van der Waals surface area contributed by atoms with Crippen LogP contribution in [-0.2, 0) is 0 Å². The van der Waals surface area contributed by atoms with Gasteiger partial charge in [-0.3, -0.25) is 4.79 Å². The number of carbonyl (C=O) groups is 1. The number of amides is 1. The van der Waals surface area contributed by atoms with Crippen LogP contribution < -0.4 is 5.32 Å². The molecule has 2 N–H and O–H groups in total. The maximum absolute atomic E-state index is 11.7. The first-order valence-electron chi connectivity index (χ1n) is 6.11. The second kappa shape index (κ2) is 7.12. The van der Waals surface area contributed by atoms with Crippen LogP contribution in [0.3, 0.4) is 0 Å². The molecule has 17 heavy (non-hydrogen) atoms. The first-order chi connectivity index (χ1) is 8.17. The number of aliphatic hydroxyl groups is 1. The Morgan fingerprint density at radius 3 is 2.82 bits per heavy atom. The summed E-state index contributed by atoms with van der Waals surface area (Å²) in [7, 11) is 0. The molecule has 0 aliphatic carbocycles. The van der Waals surface area contributed by atoms with Crippen LogP contribution in [0.1, 0.15) is 42.3 Å². The molecule has 0 saturated carbocycles. The maximum Gasteiger partial charge on any atom is 0.254 e. The van der Waals surface area contributed by atoms with Gasteiger partial charge in [0, 0.05) is 13.2 Å². The van der Waals surface area contributed by atoms with E-state index in [1.807, 2.05) is 6.92 Å². The molecule has 0 fully saturated rings. The maximum atomic E-state index is 11.7. The fourth-order valence-electron chi connectivity index (χ4n) is 1.84. The normalized spacial score (nSPS) is 12.4. The van der Waals surface area contributed by atoms with Crippen LogP contribution in [0.2, 0.25) is 0 Å². The number of hydrogen-bond acceptors (Lipinski definition) is 3. The number of rotatable bonds is 7. The van der Waals surface area contributed by atoms with E-state index in [2.05, 4.69) is 12.2 Å². The molecule has 96 valence electrons. The van der Waals surface area contributed by atoms with Gasteiger partial charge in [-0.2, -0.15) is 0 Å². The number of nitrogens with one attached hydrogen (secondary N) is 1. The van der Waals surface area contributed by atoms with E-state index in [0.717, 1.165) is 25.0 Å². The highest BCUT2D eigenvalue weighted by molar-refractivity contribution is 5.93. The van der Waals surface area contributed by atoms with Gasteiger partial charge in [0.25, 0.3) is 5.91 Å². The number of aliphatic hydroxyl groups excluding tert-OH is 1. The minimum absolute atomic E-state index is 0.110. The highest BCUT2D eigenvalue weighted by atomic mass is 16.3. The lowest BCUT2D eigenvalue weighted by atomic mass is 10.0. The molecule has 0 aliphatic heterocycles. The van der Waals surface area contributed by atoms with E-state index >= 15 is 0 Å². The first-order valence-corrected chi connectivity index (χ1v) is 6.11. The fraction of sp³-hybridized carbons (Fsp3) is 0.615. The van der Waals surface area contributed by atoms with Crippen molar-refractivity contribution >= 4 is 5.91 Å². The summed E-state index contributed by atoms with van der Waals surface area (Å²) in [5.74, 6) is 0.971. The van der Waals surface area contributed by atoms with Gasteiger partial charge in [0.05, 0.1) is 5.56 Å². The zero-order valence-corrected chi connectivity index (χ0v) is 10.5. The summed E-state index contributed by atoms with van der Waals surface area (Å²) in [6.45, 7) is 4.69. The number of hydrogen-bond donors (Lipinski definition) is 2. The Bertz CT molecular complexity index is 340. The quantitative estimate of drug-likeness (QED) is 0.766. The first kappa shape index (κ1) is 13.8. The van der Waals surface area contributed by atoms with Crippen LogP contribution >= 0.6 is 0 Å². The molecular formula is C13H21NO3. The van der Waals surface area contributed by atoms with E-state index in [9.17, 15) is 4.79 Å². The average molecular weight is 239 g/mol. The molecule has 1 rings (SSSR count). The van der Waals surface area contributed by atoms with Gasteiger partial charge in [0.1, 0.15) is 12.0 Å². The van der Waals surface area contributed by atoms with Crippen molar-refractivity contribution in [1.29, 1.82) is 0 Å². The van der Waals surface area contributed by atoms with Gasteiger partial charge in [0.15, 0.2) is 0 Å². The van der Waals surface area contributed by atoms with Crippen molar-refractivity contribution in [3.63, 3.8) is 0 Å². The van der Waals surface area contributed by atoms with E-state index < -0.39 is 0 Å². The van der Waals surface area contributed by atoms with E-state index in [1.54, 1.807) is 6.07 Å². The van der Waals surface area contributed by atoms with Crippen molar-refractivity contribution in [2.45, 2.75) is 33.1 Å². The third kappa shape index (κ3) is 4.61. The van der Waals surface area contributed by atoms with Crippen LogP contribution in [-0.4, -0.2) is 24.2 Å². The average Bonchev–Trinajstić information content (AvgIpc) is 2.73. The van der Waals surface area contributed by atoms with Gasteiger partial charge in [-0.15, -0.1) is 0 Å². The molecule has 1 amide bonds.